The molecule has 1 amide bonds. The summed E-state index contributed by atoms with van der Waals surface area (Å²) in [5.41, 5.74) is -1.34. The van der Waals surface area contributed by atoms with Gasteiger partial charge in [0, 0.05) is 13.1 Å². The maximum absolute atomic E-state index is 13.4. The summed E-state index contributed by atoms with van der Waals surface area (Å²) in [6.07, 6.45) is -3.33. The van der Waals surface area contributed by atoms with E-state index in [-0.39, 0.29) is 54.0 Å². The summed E-state index contributed by atoms with van der Waals surface area (Å²) in [5.74, 6) is -4.44. The molecule has 0 bridgehead atoms. The number of hydrogen-bond donors (Lipinski definition) is 1. The van der Waals surface area contributed by atoms with Crippen LogP contribution in [0, 0.1) is 0 Å². The van der Waals surface area contributed by atoms with Crippen molar-refractivity contribution in [1.82, 2.24) is 9.47 Å². The predicted octanol–water partition coefficient (Wildman–Crippen LogP) is 2.40. The Hall–Kier alpha value is -5.87. The zero-order valence-corrected chi connectivity index (χ0v) is 23.6. The van der Waals surface area contributed by atoms with Crippen molar-refractivity contribution < 1.29 is 61.9 Å². The fourth-order valence-corrected chi connectivity index (χ4v) is 3.85. The van der Waals surface area contributed by atoms with Gasteiger partial charge in [-0.3, -0.25) is 14.4 Å². The molecule has 1 heterocycles. The van der Waals surface area contributed by atoms with Gasteiger partial charge in [-0.25, -0.2) is 23.7 Å². The molecule has 0 atom stereocenters. The fourth-order valence-electron chi connectivity index (χ4n) is 3.85. The number of benzene rings is 2. The van der Waals surface area contributed by atoms with E-state index in [1.807, 2.05) is 0 Å². The third-order valence-electron chi connectivity index (χ3n) is 5.82. The number of nitrogens with zero attached hydrogens (tertiary/aromatic N) is 2. The average Bonchev–Trinajstić information content (AvgIpc) is 3.00. The van der Waals surface area contributed by atoms with Gasteiger partial charge in [-0.15, -0.1) is 0 Å². The van der Waals surface area contributed by atoms with Gasteiger partial charge in [0.05, 0.1) is 32.3 Å². The van der Waals surface area contributed by atoms with Crippen molar-refractivity contribution in [3.8, 4) is 17.2 Å². The van der Waals surface area contributed by atoms with Crippen LogP contribution in [0.5, 0.6) is 17.2 Å². The van der Waals surface area contributed by atoms with E-state index in [1.165, 1.54) is 36.4 Å². The van der Waals surface area contributed by atoms with Crippen LogP contribution in [0.4, 0.5) is 14.4 Å². The first-order valence-corrected chi connectivity index (χ1v) is 12.6. The monoisotopic (exact) mass is 618 g/mol. The lowest BCUT2D eigenvalue weighted by Gasteiger charge is -2.22. The molecule has 0 fully saturated rings. The van der Waals surface area contributed by atoms with Crippen molar-refractivity contribution in [2.45, 2.75) is 19.4 Å². The second kappa shape index (κ2) is 14.9. The Balaban J connectivity index is 1.82. The number of carboxylic acids is 1. The molecule has 0 aliphatic carbocycles. The van der Waals surface area contributed by atoms with E-state index in [0.717, 1.165) is 30.8 Å². The SMILES string of the molecule is COC(=O)Oc1cccc(C(=O)N(CCCCn2c(=O)oc3c(OC(=O)OC)cccc3c2=O)CC(=O)O)c1OC(=O)OC. The Bertz CT molecular complexity index is 1690. The average molecular weight is 619 g/mol. The van der Waals surface area contributed by atoms with Gasteiger partial charge in [0.15, 0.2) is 22.8 Å². The number of methoxy groups -OCH3 is 3. The largest absolute Gasteiger partial charge is 0.513 e. The number of unbranched alkanes of at least 4 members (excludes halogenated alkanes) is 1. The number of ether oxygens (including phenoxy) is 6. The van der Waals surface area contributed by atoms with Gasteiger partial charge in [-0.1, -0.05) is 12.1 Å². The summed E-state index contributed by atoms with van der Waals surface area (Å²) < 4.78 is 34.2. The molecule has 0 unspecified atom stereocenters. The van der Waals surface area contributed by atoms with Gasteiger partial charge in [-0.05, 0) is 37.1 Å². The van der Waals surface area contributed by atoms with Crippen LogP contribution < -0.4 is 25.5 Å². The molecule has 1 N–H and O–H groups in total. The van der Waals surface area contributed by atoms with Crippen molar-refractivity contribution >= 4 is 41.3 Å². The molecule has 1 aromatic heterocycles. The molecule has 3 rings (SSSR count). The van der Waals surface area contributed by atoms with E-state index >= 15 is 0 Å². The van der Waals surface area contributed by atoms with Crippen molar-refractivity contribution in [3.63, 3.8) is 0 Å². The second-order valence-electron chi connectivity index (χ2n) is 8.59. The van der Waals surface area contributed by atoms with E-state index in [9.17, 15) is 38.7 Å². The highest BCUT2D eigenvalue weighted by atomic mass is 16.7. The van der Waals surface area contributed by atoms with E-state index in [2.05, 4.69) is 14.2 Å². The molecule has 0 aliphatic heterocycles. The Morgan fingerprint density at radius 2 is 1.41 bits per heavy atom. The lowest BCUT2D eigenvalue weighted by molar-refractivity contribution is -0.137. The van der Waals surface area contributed by atoms with Crippen LogP contribution in [0.3, 0.4) is 0 Å². The molecule has 0 saturated carbocycles. The summed E-state index contributed by atoms with van der Waals surface area (Å²) in [4.78, 5) is 86.5. The number of carbonyl (C=O) groups is 5. The number of carboxylic acid groups (broad SMARTS) is 1. The summed E-state index contributed by atoms with van der Waals surface area (Å²) in [6, 6.07) is 7.77. The summed E-state index contributed by atoms with van der Waals surface area (Å²) in [6.45, 7) is -1.14. The lowest BCUT2D eigenvalue weighted by Crippen LogP contribution is -2.37. The zero-order chi connectivity index (χ0) is 32.4. The van der Waals surface area contributed by atoms with Crippen molar-refractivity contribution in [1.29, 1.82) is 0 Å². The first-order chi connectivity index (χ1) is 21.0. The van der Waals surface area contributed by atoms with Crippen molar-refractivity contribution in [3.05, 3.63) is 62.9 Å². The quantitative estimate of drug-likeness (QED) is 0.141. The van der Waals surface area contributed by atoms with Gasteiger partial charge in [0.25, 0.3) is 11.5 Å². The van der Waals surface area contributed by atoms with Crippen LogP contribution in [0.15, 0.2) is 50.4 Å². The van der Waals surface area contributed by atoms with E-state index in [0.29, 0.717) is 0 Å². The standard InChI is InChI=1S/C27H26N2O15/c1-38-25(35)41-17-10-7-9-16-20(17)43-24(34)29(23(16)33)13-5-4-12-28(14-19(30)31)22(32)15-8-6-11-18(42-26(36)39-2)21(15)44-27(37)40-3/h6-11H,4-5,12-14H2,1-3H3,(H,30,31). The maximum Gasteiger partial charge on any atom is 0.513 e. The summed E-state index contributed by atoms with van der Waals surface area (Å²) in [7, 11) is 3.11. The Morgan fingerprint density at radius 3 is 2.05 bits per heavy atom. The Kier molecular flexibility index (Phi) is 11.0. The van der Waals surface area contributed by atoms with Gasteiger partial charge in [-0.2, -0.15) is 0 Å². The minimum atomic E-state index is -1.37. The van der Waals surface area contributed by atoms with Gasteiger partial charge < -0.3 is 42.8 Å². The number of carbonyl (C=O) groups excluding carboxylic acids is 4. The van der Waals surface area contributed by atoms with E-state index < -0.39 is 54.0 Å². The predicted molar refractivity (Wildman–Crippen MR) is 145 cm³/mol. The number of aliphatic carboxylic acids is 1. The van der Waals surface area contributed by atoms with Gasteiger partial charge in [0.2, 0.25) is 0 Å². The van der Waals surface area contributed by atoms with Crippen LogP contribution in [0.2, 0.25) is 0 Å². The minimum absolute atomic E-state index is 0.0547. The molecule has 0 aliphatic rings. The molecular weight excluding hydrogens is 592 g/mol. The smallest absolute Gasteiger partial charge is 0.480 e. The Labute approximate surface area is 247 Å². The van der Waals surface area contributed by atoms with Gasteiger partial charge >= 0.3 is 30.2 Å². The topological polar surface area (TPSA) is 216 Å². The number of amides is 1. The summed E-state index contributed by atoms with van der Waals surface area (Å²) >= 11 is 0. The molecule has 3 aromatic rings. The second-order valence-corrected chi connectivity index (χ2v) is 8.59. The molecule has 0 radical (unpaired) electrons. The van der Waals surface area contributed by atoms with Crippen LogP contribution in [0.25, 0.3) is 11.0 Å². The van der Waals surface area contributed by atoms with Gasteiger partial charge in [0.1, 0.15) is 6.54 Å². The summed E-state index contributed by atoms with van der Waals surface area (Å²) in [5, 5.41) is 9.36. The third kappa shape index (κ3) is 7.90. The number of para-hydroxylation sites is 2. The molecular formula is C27H26N2O15. The number of hydrogen-bond acceptors (Lipinski definition) is 14. The van der Waals surface area contributed by atoms with E-state index in [4.69, 9.17) is 18.6 Å². The molecule has 234 valence electrons. The van der Waals surface area contributed by atoms with Crippen LogP contribution in [0.1, 0.15) is 23.2 Å². The van der Waals surface area contributed by atoms with Crippen molar-refractivity contribution in [2.24, 2.45) is 0 Å². The zero-order valence-electron chi connectivity index (χ0n) is 23.6. The number of fused-ring (bicyclic) bond motifs is 1. The van der Waals surface area contributed by atoms with Crippen molar-refractivity contribution in [2.75, 3.05) is 34.4 Å². The normalized spacial score (nSPS) is 10.4. The fraction of sp³-hybridized carbons (Fsp3) is 0.296. The van der Waals surface area contributed by atoms with E-state index in [1.54, 1.807) is 0 Å². The minimum Gasteiger partial charge on any atom is -0.480 e. The molecule has 0 saturated heterocycles. The molecule has 17 nitrogen and oxygen atoms in total. The Morgan fingerprint density at radius 1 is 0.818 bits per heavy atom. The molecule has 44 heavy (non-hydrogen) atoms. The molecule has 0 spiro atoms. The number of rotatable bonds is 11. The molecule has 17 heteroatoms. The maximum atomic E-state index is 13.4. The third-order valence-corrected chi connectivity index (χ3v) is 5.82. The lowest BCUT2D eigenvalue weighted by atomic mass is 10.1. The highest BCUT2D eigenvalue weighted by molar-refractivity contribution is 6.00. The number of aromatic nitrogens is 1. The van der Waals surface area contributed by atoms with Crippen LogP contribution in [-0.2, 0) is 25.5 Å². The highest BCUT2D eigenvalue weighted by Crippen LogP contribution is 2.33. The van der Waals surface area contributed by atoms with Crippen LogP contribution in [-0.4, -0.2) is 79.3 Å². The first-order valence-electron chi connectivity index (χ1n) is 12.6. The van der Waals surface area contributed by atoms with Crippen LogP contribution >= 0.6 is 0 Å². The highest BCUT2D eigenvalue weighted by Gasteiger charge is 2.27. The first kappa shape index (κ1) is 32.6. The molecule has 2 aromatic carbocycles.